The molecule has 0 radical (unpaired) electrons. The van der Waals surface area contributed by atoms with Gasteiger partial charge in [-0.25, -0.2) is 9.98 Å². The van der Waals surface area contributed by atoms with Gasteiger partial charge in [0.2, 0.25) is 47.3 Å². The number of amides is 10. The Hall–Kier alpha value is -6.08. The highest BCUT2D eigenvalue weighted by Gasteiger charge is 2.40. The number of ether oxygens (including phenoxy) is 12. The van der Waals surface area contributed by atoms with Crippen LogP contribution in [-0.4, -0.2) is 315 Å². The highest BCUT2D eigenvalue weighted by molar-refractivity contribution is 6.04. The Morgan fingerprint density at radius 3 is 1.25 bits per heavy atom. The Kier molecular flexibility index (Phi) is 58.6. The molecule has 0 aromatic heterocycles. The van der Waals surface area contributed by atoms with Gasteiger partial charge in [0.15, 0.2) is 0 Å². The van der Waals surface area contributed by atoms with Gasteiger partial charge in [0.25, 0.3) is 11.8 Å². The lowest BCUT2D eigenvalue weighted by atomic mass is 9.94. The quantitative estimate of drug-likeness (QED) is 0.0319. The number of nitrogens with zero attached hydrogens (tertiary/aromatic N) is 4. The number of carbonyl (C=O) groups is 10. The van der Waals surface area contributed by atoms with E-state index in [9.17, 15) is 47.9 Å². The van der Waals surface area contributed by atoms with Gasteiger partial charge in [-0.2, -0.15) is 0 Å². The molecule has 1 aliphatic heterocycles. The second kappa shape index (κ2) is 63.1. The van der Waals surface area contributed by atoms with E-state index in [0.717, 1.165) is 32.1 Å². The Bertz CT molecular complexity index is 2760. The summed E-state index contributed by atoms with van der Waals surface area (Å²) in [5.41, 5.74) is -4.62. The minimum atomic E-state index is -1.62. The van der Waals surface area contributed by atoms with Gasteiger partial charge >= 0.3 is 0 Å². The summed E-state index contributed by atoms with van der Waals surface area (Å²) in [6.45, 7) is 35.0. The third kappa shape index (κ3) is 51.9. The second-order valence-electron chi connectivity index (χ2n) is 31.7. The fourth-order valence-corrected chi connectivity index (χ4v) is 11.6. The lowest BCUT2D eigenvalue weighted by Gasteiger charge is -2.32. The van der Waals surface area contributed by atoms with Crippen LogP contribution in [0.15, 0.2) is 9.98 Å². The molecule has 1 heterocycles. The molecule has 2 unspecified atom stereocenters. The van der Waals surface area contributed by atoms with Crippen LogP contribution in [0.1, 0.15) is 187 Å². The van der Waals surface area contributed by atoms with Crippen molar-refractivity contribution in [2.24, 2.45) is 39.6 Å². The van der Waals surface area contributed by atoms with Crippen molar-refractivity contribution in [3.63, 3.8) is 0 Å². The fourth-order valence-electron chi connectivity index (χ4n) is 11.6. The highest BCUT2D eigenvalue weighted by Crippen LogP contribution is 2.22. The van der Waals surface area contributed by atoms with Crippen LogP contribution in [0.5, 0.6) is 0 Å². The molecule has 33 nitrogen and oxygen atoms in total. The lowest BCUT2D eigenvalue weighted by Crippen LogP contribution is -2.63. The Morgan fingerprint density at radius 2 is 0.842 bits per heavy atom. The summed E-state index contributed by atoms with van der Waals surface area (Å²) in [4.78, 5) is 150. The zero-order valence-corrected chi connectivity index (χ0v) is 72.4. The molecule has 1 saturated heterocycles. The third-order valence-electron chi connectivity index (χ3n) is 17.8. The maximum absolute atomic E-state index is 14.3. The summed E-state index contributed by atoms with van der Waals surface area (Å²) in [5, 5.41) is 19.5. The van der Waals surface area contributed by atoms with Crippen LogP contribution in [0.3, 0.4) is 0 Å². The van der Waals surface area contributed by atoms with Gasteiger partial charge in [-0.15, -0.1) is 0 Å². The van der Waals surface area contributed by atoms with Crippen LogP contribution in [0.25, 0.3) is 0 Å². The number of likely N-dealkylation sites (tertiary alicyclic amines) is 1. The molecule has 0 spiro atoms. The Balaban J connectivity index is 2.76. The molecule has 7 N–H and O–H groups in total. The number of unbranched alkanes of at least 4 members (excludes halogenated alkanes) is 5. The van der Waals surface area contributed by atoms with E-state index in [0.29, 0.717) is 164 Å². The molecule has 1 fully saturated rings. The summed E-state index contributed by atoms with van der Waals surface area (Å²) in [6.07, 6.45) is 9.96. The summed E-state index contributed by atoms with van der Waals surface area (Å²) in [7, 11) is 5.43. The summed E-state index contributed by atoms with van der Waals surface area (Å²) >= 11 is 0. The van der Waals surface area contributed by atoms with Crippen molar-refractivity contribution >= 4 is 71.5 Å². The molecular weight excluding hydrogens is 1480 g/mol. The number of hydrogen-bond acceptors (Lipinski definition) is 23. The van der Waals surface area contributed by atoms with Crippen molar-refractivity contribution in [1.29, 1.82) is 0 Å². The summed E-state index contributed by atoms with van der Waals surface area (Å²) < 4.78 is 65.7. The van der Waals surface area contributed by atoms with Gasteiger partial charge in [-0.1, -0.05) is 87.0 Å². The highest BCUT2D eigenvalue weighted by atomic mass is 16.6. The topological polar surface area (TPSA) is 397 Å². The van der Waals surface area contributed by atoms with Crippen LogP contribution in [0, 0.1) is 29.6 Å². The number of methoxy groups -OCH3 is 1. The molecule has 0 saturated carbocycles. The number of likely N-dealkylation sites (N-methyl/N-ethyl adjacent to an activating group) is 1. The number of carbonyl (C=O) groups excluding carboxylic acids is 10. The van der Waals surface area contributed by atoms with Crippen molar-refractivity contribution in [1.82, 2.24) is 47.0 Å². The van der Waals surface area contributed by atoms with E-state index < -0.39 is 93.8 Å². The predicted octanol–water partition coefficient (Wildman–Crippen LogP) is 4.74. The van der Waals surface area contributed by atoms with Gasteiger partial charge in [-0.3, -0.25) is 47.9 Å². The molecule has 10 amide bonds. The molecule has 0 aromatic carbocycles. The van der Waals surface area contributed by atoms with E-state index in [-0.39, 0.29) is 101 Å². The van der Waals surface area contributed by atoms with Crippen LogP contribution < -0.4 is 37.2 Å². The Labute approximate surface area is 680 Å². The summed E-state index contributed by atoms with van der Waals surface area (Å²) in [5.74, 6) is -7.80. The number of aliphatic imine (C=N–C) groups is 2. The first kappa shape index (κ1) is 106. The van der Waals surface area contributed by atoms with Gasteiger partial charge in [-0.05, 0) is 119 Å². The number of hydrogen-bond donors (Lipinski definition) is 7. The minimum Gasteiger partial charge on any atom is -0.382 e. The summed E-state index contributed by atoms with van der Waals surface area (Å²) in [6, 6.07) is -3.14. The SMILES string of the molecule is CCCCCCCC[C@H](NC(=O)[C@@H]1CCCN1C(=O)CCOCCOCCOCCOCCOCCOCCOCCOCCOCCOCCOCCOC)C(=O)N=CC(CC(C)C)C(=O)NC(C)(C)C(=O)N[C@@H](CC(C)C)C(=O)N=CC(CC(C)C)C(=O)NC(C)(C)C(=O)NC(C)(C)C(=O)NCCC(=O)N[C@@H](C)CN(C)C. The molecule has 0 bridgehead atoms. The molecular formula is C81H149N11O22. The molecule has 0 aliphatic carbocycles. The molecule has 1 rings (SSSR count). The zero-order valence-electron chi connectivity index (χ0n) is 72.4. The molecule has 114 heavy (non-hydrogen) atoms. The maximum atomic E-state index is 14.3. The fraction of sp³-hybridized carbons (Fsp3) is 0.852. The van der Waals surface area contributed by atoms with E-state index in [1.165, 1.54) is 58.9 Å². The lowest BCUT2D eigenvalue weighted by molar-refractivity contribution is -0.140. The smallest absolute Gasteiger partial charge is 0.267 e. The largest absolute Gasteiger partial charge is 0.382 e. The van der Waals surface area contributed by atoms with Crippen LogP contribution in [-0.2, 0) is 105 Å². The standard InChI is InChI=1S/C81H149N11O22/c1-18-19-20-21-22-23-25-66(86-75(99)68-26-24-30-92(68)70(94)28-31-104-34-35-106-38-39-108-42-43-110-46-47-112-50-51-114-53-52-113-49-48-111-45-44-109-41-40-107-37-36-105-33-32-103-17)73(97)83-57-64(54-60(2)3)71(95)88-80(11,12)77(101)87-67(56-62(6)7)74(98)84-58-65(55-61(4)5)72(96)89-81(13,14)78(102)90-79(9,10)76(100)82-29-27-69(93)85-63(8)59-91(15)16/h57-58,60-68H,18-56,59H2,1-17H3,(H,82,100)(H,85,93)(H,86,99)(H,87,101)(H,88,95)(H,89,96)(H,90,102)/t63-,64?,65?,66-,67-,68-/m0/s1. The molecule has 6 atom stereocenters. The van der Waals surface area contributed by atoms with Crippen molar-refractivity contribution in [2.45, 2.75) is 228 Å². The zero-order chi connectivity index (χ0) is 85.2. The van der Waals surface area contributed by atoms with Gasteiger partial charge in [0.1, 0.15) is 34.7 Å². The van der Waals surface area contributed by atoms with Crippen LogP contribution in [0.2, 0.25) is 0 Å². The normalized spacial score (nSPS) is 14.9. The molecule has 0 aromatic rings. The number of rotatable bonds is 70. The predicted molar refractivity (Wildman–Crippen MR) is 435 cm³/mol. The van der Waals surface area contributed by atoms with Gasteiger partial charge in [0.05, 0.1) is 170 Å². The molecule has 660 valence electrons. The van der Waals surface area contributed by atoms with Crippen molar-refractivity contribution in [3.05, 3.63) is 0 Å². The van der Waals surface area contributed by atoms with Gasteiger partial charge in [0, 0.05) is 51.6 Å². The van der Waals surface area contributed by atoms with E-state index in [4.69, 9.17) is 56.8 Å². The first-order chi connectivity index (χ1) is 54.2. The number of nitrogens with one attached hydrogen (secondary N) is 7. The Morgan fingerprint density at radius 1 is 0.456 bits per heavy atom. The van der Waals surface area contributed by atoms with Crippen molar-refractivity contribution in [3.8, 4) is 0 Å². The van der Waals surface area contributed by atoms with E-state index in [2.05, 4.69) is 54.1 Å². The second-order valence-corrected chi connectivity index (χ2v) is 31.7. The van der Waals surface area contributed by atoms with E-state index in [1.54, 1.807) is 7.11 Å². The third-order valence-corrected chi connectivity index (χ3v) is 17.8. The van der Waals surface area contributed by atoms with E-state index >= 15 is 0 Å². The van der Waals surface area contributed by atoms with E-state index in [1.807, 2.05) is 67.5 Å². The molecule has 1 aliphatic rings. The first-order valence-corrected chi connectivity index (χ1v) is 41.3. The average molecular weight is 1630 g/mol. The van der Waals surface area contributed by atoms with Crippen molar-refractivity contribution < 1.29 is 105 Å². The molecule has 33 heteroatoms. The van der Waals surface area contributed by atoms with Gasteiger partial charge < -0.3 is 104 Å². The van der Waals surface area contributed by atoms with Crippen molar-refractivity contribution in [2.75, 3.05) is 193 Å². The van der Waals surface area contributed by atoms with Crippen LogP contribution >= 0.6 is 0 Å². The first-order valence-electron chi connectivity index (χ1n) is 41.3. The average Bonchev–Trinajstić information content (AvgIpc) is 0.891. The monoisotopic (exact) mass is 1630 g/mol. The minimum absolute atomic E-state index is 0.0260. The maximum Gasteiger partial charge on any atom is 0.267 e. The van der Waals surface area contributed by atoms with Crippen LogP contribution in [0.4, 0.5) is 0 Å².